The maximum Gasteiger partial charge on any atom is 0.278 e. The van der Waals surface area contributed by atoms with Crippen LogP contribution in [0.5, 0.6) is 5.75 Å². The Morgan fingerprint density at radius 2 is 2.15 bits per heavy atom. The van der Waals surface area contributed by atoms with Crippen LogP contribution in [0, 0.1) is 0 Å². The molecular weight excluding hydrogens is 518 g/mol. The molecule has 0 radical (unpaired) electrons. The second-order valence-electron chi connectivity index (χ2n) is 11.5. The van der Waals surface area contributed by atoms with E-state index in [2.05, 4.69) is 34.9 Å². The summed E-state index contributed by atoms with van der Waals surface area (Å²) >= 11 is 0. The van der Waals surface area contributed by atoms with E-state index in [-0.39, 0.29) is 12.1 Å². The zero-order chi connectivity index (χ0) is 28.3. The maximum atomic E-state index is 13.4. The summed E-state index contributed by atoms with van der Waals surface area (Å²) in [6.07, 6.45) is 7.39. The van der Waals surface area contributed by atoms with E-state index in [0.717, 1.165) is 49.4 Å². The van der Waals surface area contributed by atoms with Gasteiger partial charge in [-0.05, 0) is 62.4 Å². The lowest BCUT2D eigenvalue weighted by Gasteiger charge is -2.32. The van der Waals surface area contributed by atoms with E-state index in [4.69, 9.17) is 14.7 Å². The molecule has 3 aromatic heterocycles. The Kier molecular flexibility index (Phi) is 6.20. The number of aromatic nitrogens is 5. The van der Waals surface area contributed by atoms with Crippen LogP contribution in [0.1, 0.15) is 60.9 Å². The summed E-state index contributed by atoms with van der Waals surface area (Å²) in [5, 5.41) is 15.0. The van der Waals surface area contributed by atoms with E-state index < -0.39 is 5.60 Å². The van der Waals surface area contributed by atoms with Crippen molar-refractivity contribution >= 4 is 22.7 Å². The number of allylic oxidation sites excluding steroid dienone is 1. The topological polar surface area (TPSA) is 110 Å². The molecule has 1 aliphatic carbocycles. The molecule has 2 unspecified atom stereocenters. The molecule has 0 amide bonds. The smallest absolute Gasteiger partial charge is 0.278 e. The number of nitrogens with zero attached hydrogens (tertiary/aromatic N) is 6. The number of pyridine rings is 1. The Balaban J connectivity index is 1.33. The van der Waals surface area contributed by atoms with Crippen molar-refractivity contribution in [3.63, 3.8) is 0 Å². The molecule has 10 heteroatoms. The molecular formula is C31H35N7O3. The molecule has 4 aromatic rings. The van der Waals surface area contributed by atoms with Gasteiger partial charge in [0.15, 0.2) is 11.5 Å². The van der Waals surface area contributed by atoms with Crippen LogP contribution in [0.25, 0.3) is 16.9 Å². The van der Waals surface area contributed by atoms with E-state index in [1.54, 1.807) is 21.6 Å². The average molecular weight is 554 g/mol. The predicted molar refractivity (Wildman–Crippen MR) is 157 cm³/mol. The van der Waals surface area contributed by atoms with Crippen LogP contribution >= 0.6 is 0 Å². The molecule has 0 saturated heterocycles. The third-order valence-corrected chi connectivity index (χ3v) is 8.81. The summed E-state index contributed by atoms with van der Waals surface area (Å²) in [7, 11) is 2.16. The Morgan fingerprint density at radius 1 is 1.27 bits per heavy atom. The SMILES string of the molecule is C=CCn1c(=O)c2cnc(Nc3cc4c5c(c3)OCCCC5CN(C)C4)nc2n1-c1ccc2c(n1)C(O)(CC)CC2. The highest BCUT2D eigenvalue weighted by atomic mass is 16.5. The van der Waals surface area contributed by atoms with Crippen LogP contribution in [0.2, 0.25) is 0 Å². The molecule has 0 saturated carbocycles. The van der Waals surface area contributed by atoms with E-state index in [0.29, 0.717) is 53.9 Å². The summed E-state index contributed by atoms with van der Waals surface area (Å²) < 4.78 is 9.45. The first kappa shape index (κ1) is 25.9. The minimum atomic E-state index is -0.972. The van der Waals surface area contributed by atoms with E-state index in [1.807, 2.05) is 25.1 Å². The Bertz CT molecular complexity index is 1740. The molecule has 1 aromatic carbocycles. The third-order valence-electron chi connectivity index (χ3n) is 8.81. The normalized spacial score (nSPS) is 21.7. The monoisotopic (exact) mass is 553 g/mol. The van der Waals surface area contributed by atoms with Gasteiger partial charge in [-0.2, -0.15) is 4.98 Å². The van der Waals surface area contributed by atoms with Gasteiger partial charge in [-0.25, -0.2) is 19.3 Å². The highest BCUT2D eigenvalue weighted by molar-refractivity contribution is 5.77. The van der Waals surface area contributed by atoms with E-state index in [9.17, 15) is 9.90 Å². The fraction of sp³-hybridized carbons (Fsp3) is 0.419. The Hall–Kier alpha value is -4.02. The molecule has 0 fully saturated rings. The van der Waals surface area contributed by atoms with Crippen LogP contribution in [0.15, 0.2) is 47.9 Å². The van der Waals surface area contributed by atoms with Gasteiger partial charge in [0.1, 0.15) is 16.7 Å². The second kappa shape index (κ2) is 9.81. The van der Waals surface area contributed by atoms with Crippen molar-refractivity contribution in [1.82, 2.24) is 29.2 Å². The van der Waals surface area contributed by atoms with Crippen molar-refractivity contribution in [2.75, 3.05) is 25.5 Å². The fourth-order valence-electron chi connectivity index (χ4n) is 6.78. The lowest BCUT2D eigenvalue weighted by Crippen LogP contribution is -2.30. The molecule has 212 valence electrons. The molecule has 2 N–H and O–H groups in total. The number of ether oxygens (including phenoxy) is 1. The average Bonchev–Trinajstić information content (AvgIpc) is 3.34. The Morgan fingerprint density at radius 3 is 2.98 bits per heavy atom. The minimum Gasteiger partial charge on any atom is -0.493 e. The number of rotatable bonds is 6. The van der Waals surface area contributed by atoms with Crippen LogP contribution in [-0.2, 0) is 25.1 Å². The molecule has 2 atom stereocenters. The van der Waals surface area contributed by atoms with Gasteiger partial charge in [-0.3, -0.25) is 4.79 Å². The predicted octanol–water partition coefficient (Wildman–Crippen LogP) is 4.15. The van der Waals surface area contributed by atoms with Gasteiger partial charge in [0.25, 0.3) is 5.56 Å². The van der Waals surface area contributed by atoms with Gasteiger partial charge in [0.05, 0.1) is 18.8 Å². The number of fused-ring (bicyclic) bond motifs is 2. The van der Waals surface area contributed by atoms with Crippen LogP contribution < -0.4 is 15.6 Å². The molecule has 41 heavy (non-hydrogen) atoms. The minimum absolute atomic E-state index is 0.226. The largest absolute Gasteiger partial charge is 0.493 e. The van der Waals surface area contributed by atoms with Gasteiger partial charge in [0, 0.05) is 42.5 Å². The highest BCUT2D eigenvalue weighted by Crippen LogP contribution is 2.42. The number of aryl methyl sites for hydroxylation is 1. The highest BCUT2D eigenvalue weighted by Gasteiger charge is 2.37. The zero-order valence-corrected chi connectivity index (χ0v) is 23.6. The summed E-state index contributed by atoms with van der Waals surface area (Å²) in [5.41, 5.74) is 4.37. The lowest BCUT2D eigenvalue weighted by molar-refractivity contribution is 0.0306. The van der Waals surface area contributed by atoms with Crippen LogP contribution in [0.3, 0.4) is 0 Å². The van der Waals surface area contributed by atoms with Crippen molar-refractivity contribution in [3.05, 3.63) is 75.9 Å². The van der Waals surface area contributed by atoms with Gasteiger partial charge < -0.3 is 20.1 Å². The van der Waals surface area contributed by atoms with Crippen molar-refractivity contribution in [3.8, 4) is 11.6 Å². The molecule has 10 nitrogen and oxygen atoms in total. The third kappa shape index (κ3) is 4.24. The molecule has 3 aliphatic rings. The van der Waals surface area contributed by atoms with E-state index in [1.165, 1.54) is 11.1 Å². The van der Waals surface area contributed by atoms with Crippen molar-refractivity contribution < 1.29 is 9.84 Å². The molecule has 0 bridgehead atoms. The van der Waals surface area contributed by atoms with Gasteiger partial charge in [-0.1, -0.05) is 19.1 Å². The Labute approximate surface area is 238 Å². The number of likely N-dealkylation sites (N-methyl/N-ethyl adjacent to an activating group) is 1. The van der Waals surface area contributed by atoms with Gasteiger partial charge in [0.2, 0.25) is 5.95 Å². The van der Waals surface area contributed by atoms with Crippen LogP contribution in [-0.4, -0.2) is 54.5 Å². The molecule has 7 rings (SSSR count). The number of anilines is 2. The summed E-state index contributed by atoms with van der Waals surface area (Å²) in [6.45, 7) is 8.70. The van der Waals surface area contributed by atoms with Gasteiger partial charge in [-0.15, -0.1) is 6.58 Å². The molecule has 0 spiro atoms. The number of nitrogens with one attached hydrogen (secondary N) is 1. The maximum absolute atomic E-state index is 13.4. The summed E-state index contributed by atoms with van der Waals surface area (Å²) in [4.78, 5) is 30.0. The van der Waals surface area contributed by atoms with Crippen molar-refractivity contribution in [2.24, 2.45) is 0 Å². The van der Waals surface area contributed by atoms with Crippen molar-refractivity contribution in [1.29, 1.82) is 0 Å². The summed E-state index contributed by atoms with van der Waals surface area (Å²) in [5.74, 6) is 2.30. The summed E-state index contributed by atoms with van der Waals surface area (Å²) in [6, 6.07) is 8.08. The molecule has 2 aliphatic heterocycles. The number of aliphatic hydroxyl groups is 1. The first-order valence-electron chi connectivity index (χ1n) is 14.5. The number of benzene rings is 1. The van der Waals surface area contributed by atoms with Crippen molar-refractivity contribution in [2.45, 2.75) is 63.6 Å². The quantitative estimate of drug-likeness (QED) is 0.343. The standard InChI is InChI=1S/C31H35N7O3/c1-4-12-37-29(39)23-16-32-30(33-22-14-21-18-36(3)17-20-7-6-13-41-24(15-22)26(20)21)35-28(23)38(37)25-9-8-19-10-11-31(40,5-2)27(19)34-25/h4,8-9,14-16,20,40H,1,5-7,10-13,17-18H2,2-3H3,(H,32,33,35). The first-order valence-corrected chi connectivity index (χ1v) is 14.5. The van der Waals surface area contributed by atoms with Crippen LogP contribution in [0.4, 0.5) is 11.6 Å². The van der Waals surface area contributed by atoms with Gasteiger partial charge >= 0.3 is 0 Å². The molecule has 5 heterocycles. The van der Waals surface area contributed by atoms with E-state index >= 15 is 0 Å². The number of hydrogen-bond donors (Lipinski definition) is 2. The zero-order valence-electron chi connectivity index (χ0n) is 23.6. The number of hydrogen-bond acceptors (Lipinski definition) is 8. The first-order chi connectivity index (χ1) is 19.9. The fourth-order valence-corrected chi connectivity index (χ4v) is 6.78. The second-order valence-corrected chi connectivity index (χ2v) is 11.5. The lowest BCUT2D eigenvalue weighted by atomic mass is 9.86.